The Bertz CT molecular complexity index is 270. The fourth-order valence-corrected chi connectivity index (χ4v) is 1.69. The topological polar surface area (TPSA) is 38.0 Å². The number of nitrogens with zero attached hydrogens (tertiary/aromatic N) is 2. The summed E-state index contributed by atoms with van der Waals surface area (Å²) in [7, 11) is 1.92. The Labute approximate surface area is 92.1 Å². The number of aromatic nitrogens is 2. The van der Waals surface area contributed by atoms with Gasteiger partial charge in [-0.05, 0) is 6.42 Å². The second kappa shape index (κ2) is 6.62. The predicted molar refractivity (Wildman–Crippen MR) is 61.5 cm³/mol. The van der Waals surface area contributed by atoms with Crippen LogP contribution >= 0.6 is 0 Å². The van der Waals surface area contributed by atoms with Gasteiger partial charge in [0.2, 0.25) is 0 Å². The Kier molecular flexibility index (Phi) is 5.40. The minimum absolute atomic E-state index is 0.382. The van der Waals surface area contributed by atoms with Crippen molar-refractivity contribution in [3.8, 4) is 0 Å². The molecule has 86 valence electrons. The number of aryl methyl sites for hydroxylation is 1. The molecule has 3 heteroatoms. The van der Waals surface area contributed by atoms with Crippen molar-refractivity contribution in [2.75, 3.05) is 0 Å². The molecule has 1 N–H and O–H groups in total. The van der Waals surface area contributed by atoms with Crippen molar-refractivity contribution < 1.29 is 5.11 Å². The molecule has 1 atom stereocenters. The van der Waals surface area contributed by atoms with Gasteiger partial charge < -0.3 is 9.67 Å². The van der Waals surface area contributed by atoms with E-state index >= 15 is 0 Å². The van der Waals surface area contributed by atoms with Gasteiger partial charge in [-0.25, -0.2) is 4.98 Å². The van der Waals surface area contributed by atoms with Crippen molar-refractivity contribution in [3.63, 3.8) is 0 Å². The standard InChI is InChI=1S/C12H22N2O/c1-3-4-5-6-7-8-12(15)11-9-14(2)10-13-11/h9-10,12,15H,3-8H2,1-2H3. The van der Waals surface area contributed by atoms with Crippen molar-refractivity contribution in [2.45, 2.75) is 51.6 Å². The SMILES string of the molecule is CCCCCCCC(O)c1cn(C)cn1. The molecule has 0 spiro atoms. The third kappa shape index (κ3) is 4.47. The van der Waals surface area contributed by atoms with E-state index in [9.17, 15) is 5.11 Å². The van der Waals surface area contributed by atoms with Gasteiger partial charge in [-0.2, -0.15) is 0 Å². The molecule has 0 radical (unpaired) electrons. The molecule has 0 bridgehead atoms. The van der Waals surface area contributed by atoms with Crippen LogP contribution in [0.15, 0.2) is 12.5 Å². The van der Waals surface area contributed by atoms with Crippen molar-refractivity contribution in [2.24, 2.45) is 7.05 Å². The lowest BCUT2D eigenvalue weighted by Crippen LogP contribution is -1.97. The molecule has 0 amide bonds. The van der Waals surface area contributed by atoms with E-state index < -0.39 is 0 Å². The van der Waals surface area contributed by atoms with Crippen LogP contribution in [0.5, 0.6) is 0 Å². The highest BCUT2D eigenvalue weighted by Crippen LogP contribution is 2.17. The first kappa shape index (κ1) is 12.2. The average molecular weight is 210 g/mol. The van der Waals surface area contributed by atoms with E-state index in [4.69, 9.17) is 0 Å². The normalized spacial score (nSPS) is 13.0. The van der Waals surface area contributed by atoms with E-state index in [0.29, 0.717) is 0 Å². The quantitative estimate of drug-likeness (QED) is 0.703. The molecule has 0 saturated heterocycles. The molecule has 1 aromatic heterocycles. The zero-order valence-electron chi connectivity index (χ0n) is 9.82. The molecule has 0 aromatic carbocycles. The van der Waals surface area contributed by atoms with Gasteiger partial charge >= 0.3 is 0 Å². The zero-order valence-corrected chi connectivity index (χ0v) is 9.82. The van der Waals surface area contributed by atoms with Crippen LogP contribution in [-0.2, 0) is 7.05 Å². The molecule has 1 heterocycles. The summed E-state index contributed by atoms with van der Waals surface area (Å²) in [6.07, 6.45) is 10.2. The van der Waals surface area contributed by atoms with Gasteiger partial charge in [0.25, 0.3) is 0 Å². The zero-order chi connectivity index (χ0) is 11.1. The van der Waals surface area contributed by atoms with E-state index in [1.165, 1.54) is 25.7 Å². The Morgan fingerprint density at radius 3 is 2.67 bits per heavy atom. The molecule has 0 aliphatic heterocycles. The highest BCUT2D eigenvalue weighted by molar-refractivity contribution is 5.00. The summed E-state index contributed by atoms with van der Waals surface area (Å²) in [6.45, 7) is 2.21. The summed E-state index contributed by atoms with van der Waals surface area (Å²) in [6, 6.07) is 0. The summed E-state index contributed by atoms with van der Waals surface area (Å²) in [4.78, 5) is 4.14. The number of imidazole rings is 1. The first-order valence-corrected chi connectivity index (χ1v) is 5.90. The fourth-order valence-electron chi connectivity index (χ4n) is 1.69. The second-order valence-corrected chi connectivity index (χ2v) is 4.18. The van der Waals surface area contributed by atoms with E-state index in [1.807, 2.05) is 17.8 Å². The van der Waals surface area contributed by atoms with Gasteiger partial charge in [-0.1, -0.05) is 39.0 Å². The van der Waals surface area contributed by atoms with Crippen LogP contribution in [0.3, 0.4) is 0 Å². The smallest absolute Gasteiger partial charge is 0.0975 e. The van der Waals surface area contributed by atoms with Crippen molar-refractivity contribution in [3.05, 3.63) is 18.2 Å². The van der Waals surface area contributed by atoms with Crippen LogP contribution in [0, 0.1) is 0 Å². The van der Waals surface area contributed by atoms with Crippen LogP contribution in [0.2, 0.25) is 0 Å². The lowest BCUT2D eigenvalue weighted by Gasteiger charge is -2.06. The minimum Gasteiger partial charge on any atom is -0.387 e. The number of aliphatic hydroxyl groups excluding tert-OH is 1. The van der Waals surface area contributed by atoms with Crippen molar-refractivity contribution in [1.82, 2.24) is 9.55 Å². The second-order valence-electron chi connectivity index (χ2n) is 4.18. The summed E-state index contributed by atoms with van der Waals surface area (Å²) in [5.41, 5.74) is 0.799. The Hall–Kier alpha value is -0.830. The Morgan fingerprint density at radius 2 is 2.07 bits per heavy atom. The van der Waals surface area contributed by atoms with Gasteiger partial charge in [0.15, 0.2) is 0 Å². The van der Waals surface area contributed by atoms with Gasteiger partial charge in [-0.3, -0.25) is 0 Å². The lowest BCUT2D eigenvalue weighted by molar-refractivity contribution is 0.159. The summed E-state index contributed by atoms with van der Waals surface area (Å²) in [5, 5.41) is 9.81. The number of hydrogen-bond donors (Lipinski definition) is 1. The number of unbranched alkanes of at least 4 members (excludes halogenated alkanes) is 4. The van der Waals surface area contributed by atoms with Crippen LogP contribution in [-0.4, -0.2) is 14.7 Å². The third-order valence-corrected chi connectivity index (χ3v) is 2.65. The Morgan fingerprint density at radius 1 is 1.33 bits per heavy atom. The molecular formula is C12H22N2O. The molecule has 3 nitrogen and oxygen atoms in total. The predicted octanol–water partition coefficient (Wildman–Crippen LogP) is 2.81. The van der Waals surface area contributed by atoms with Crippen LogP contribution < -0.4 is 0 Å². The molecule has 0 fully saturated rings. The first-order chi connectivity index (χ1) is 7.24. The largest absolute Gasteiger partial charge is 0.387 e. The number of aliphatic hydroxyl groups is 1. The molecule has 0 aliphatic carbocycles. The van der Waals surface area contributed by atoms with Crippen LogP contribution in [0.1, 0.15) is 57.2 Å². The monoisotopic (exact) mass is 210 g/mol. The van der Waals surface area contributed by atoms with Crippen LogP contribution in [0.4, 0.5) is 0 Å². The van der Waals surface area contributed by atoms with Gasteiger partial charge in [-0.15, -0.1) is 0 Å². The van der Waals surface area contributed by atoms with Gasteiger partial charge in [0.1, 0.15) is 0 Å². The molecular weight excluding hydrogens is 188 g/mol. The summed E-state index contributed by atoms with van der Waals surface area (Å²) < 4.78 is 1.87. The Balaban J connectivity index is 2.16. The first-order valence-electron chi connectivity index (χ1n) is 5.90. The van der Waals surface area contributed by atoms with E-state index in [1.54, 1.807) is 6.33 Å². The van der Waals surface area contributed by atoms with Crippen molar-refractivity contribution >= 4 is 0 Å². The third-order valence-electron chi connectivity index (χ3n) is 2.65. The summed E-state index contributed by atoms with van der Waals surface area (Å²) >= 11 is 0. The maximum Gasteiger partial charge on any atom is 0.0975 e. The van der Waals surface area contributed by atoms with E-state index in [2.05, 4.69) is 11.9 Å². The van der Waals surface area contributed by atoms with Crippen LogP contribution in [0.25, 0.3) is 0 Å². The number of hydrogen-bond acceptors (Lipinski definition) is 2. The summed E-state index contributed by atoms with van der Waals surface area (Å²) in [5.74, 6) is 0. The lowest BCUT2D eigenvalue weighted by atomic mass is 10.1. The minimum atomic E-state index is -0.382. The maximum atomic E-state index is 9.81. The highest BCUT2D eigenvalue weighted by Gasteiger charge is 2.09. The molecule has 0 aliphatic rings. The molecule has 0 saturated carbocycles. The molecule has 1 unspecified atom stereocenters. The van der Waals surface area contributed by atoms with Crippen molar-refractivity contribution in [1.29, 1.82) is 0 Å². The van der Waals surface area contributed by atoms with Gasteiger partial charge in [0.05, 0.1) is 18.1 Å². The highest BCUT2D eigenvalue weighted by atomic mass is 16.3. The fraction of sp³-hybridized carbons (Fsp3) is 0.750. The molecule has 1 aromatic rings. The van der Waals surface area contributed by atoms with E-state index in [0.717, 1.165) is 18.5 Å². The average Bonchev–Trinajstić information content (AvgIpc) is 2.64. The maximum absolute atomic E-state index is 9.81. The molecule has 15 heavy (non-hydrogen) atoms. The van der Waals surface area contributed by atoms with E-state index in [-0.39, 0.29) is 6.10 Å². The molecule has 1 rings (SSSR count). The number of rotatable bonds is 7. The van der Waals surface area contributed by atoms with Gasteiger partial charge in [0, 0.05) is 13.2 Å².